The van der Waals surface area contributed by atoms with Crippen molar-refractivity contribution in [3.63, 3.8) is 0 Å². The highest BCUT2D eigenvalue weighted by atomic mass is 16.5. The minimum atomic E-state index is 0.0622. The minimum Gasteiger partial charge on any atom is -0.494 e. The number of hydrogen-bond acceptors (Lipinski definition) is 5. The zero-order valence-corrected chi connectivity index (χ0v) is 18.3. The van der Waals surface area contributed by atoms with Gasteiger partial charge < -0.3 is 15.0 Å². The molecule has 2 amide bonds. The van der Waals surface area contributed by atoms with Gasteiger partial charge in [-0.3, -0.25) is 19.4 Å². The molecule has 0 saturated carbocycles. The van der Waals surface area contributed by atoms with E-state index in [9.17, 15) is 9.59 Å². The van der Waals surface area contributed by atoms with Crippen LogP contribution in [0.4, 0.5) is 0 Å². The summed E-state index contributed by atoms with van der Waals surface area (Å²) in [7, 11) is 0. The summed E-state index contributed by atoms with van der Waals surface area (Å²) >= 11 is 0. The molecule has 2 heterocycles. The van der Waals surface area contributed by atoms with Gasteiger partial charge in [-0.15, -0.1) is 0 Å². The number of likely N-dealkylation sites (tertiary alicyclic amines) is 1. The molecule has 166 valence electrons. The fourth-order valence-corrected chi connectivity index (χ4v) is 4.05. The van der Waals surface area contributed by atoms with Gasteiger partial charge in [-0.2, -0.15) is 0 Å². The van der Waals surface area contributed by atoms with Crippen LogP contribution < -0.4 is 10.1 Å². The van der Waals surface area contributed by atoms with E-state index in [1.807, 2.05) is 36.1 Å². The number of carbonyl (C=O) groups is 2. The molecule has 2 saturated heterocycles. The molecule has 2 aliphatic heterocycles. The Morgan fingerprint density at radius 1 is 0.967 bits per heavy atom. The van der Waals surface area contributed by atoms with Crippen molar-refractivity contribution >= 4 is 11.8 Å². The first kappa shape index (κ1) is 22.6. The third-order valence-corrected chi connectivity index (χ3v) is 5.77. The van der Waals surface area contributed by atoms with Crippen LogP contribution in [0, 0.1) is 6.92 Å². The first-order valence-corrected chi connectivity index (χ1v) is 11.3. The fraction of sp³-hybridized carbons (Fsp3) is 0.652. The van der Waals surface area contributed by atoms with E-state index in [4.69, 9.17) is 4.74 Å². The van der Waals surface area contributed by atoms with Gasteiger partial charge in [0.2, 0.25) is 11.8 Å². The summed E-state index contributed by atoms with van der Waals surface area (Å²) in [5.74, 6) is 1.19. The van der Waals surface area contributed by atoms with Crippen molar-refractivity contribution in [2.45, 2.75) is 32.6 Å². The van der Waals surface area contributed by atoms with Crippen LogP contribution in [0.2, 0.25) is 0 Å². The van der Waals surface area contributed by atoms with Gasteiger partial charge >= 0.3 is 0 Å². The predicted molar refractivity (Wildman–Crippen MR) is 118 cm³/mol. The molecule has 1 N–H and O–H groups in total. The molecule has 3 rings (SSSR count). The summed E-state index contributed by atoms with van der Waals surface area (Å²) in [6.07, 6.45) is 4.04. The van der Waals surface area contributed by atoms with E-state index in [-0.39, 0.29) is 11.8 Å². The summed E-state index contributed by atoms with van der Waals surface area (Å²) in [6.45, 7) is 9.52. The molecular formula is C23H36N4O3. The van der Waals surface area contributed by atoms with Gasteiger partial charge in [-0.25, -0.2) is 0 Å². The molecule has 2 aliphatic rings. The minimum absolute atomic E-state index is 0.0622. The lowest BCUT2D eigenvalue weighted by Crippen LogP contribution is -2.42. The Kier molecular flexibility index (Phi) is 8.96. The Hall–Kier alpha value is -2.12. The lowest BCUT2D eigenvalue weighted by atomic mass is 10.2. The first-order chi connectivity index (χ1) is 14.6. The number of aryl methyl sites for hydroxylation is 1. The van der Waals surface area contributed by atoms with Crippen molar-refractivity contribution in [3.05, 3.63) is 29.8 Å². The van der Waals surface area contributed by atoms with Crippen molar-refractivity contribution in [1.82, 2.24) is 20.0 Å². The van der Waals surface area contributed by atoms with Crippen molar-refractivity contribution < 1.29 is 14.3 Å². The summed E-state index contributed by atoms with van der Waals surface area (Å²) < 4.78 is 5.72. The van der Waals surface area contributed by atoms with Gasteiger partial charge in [-0.05, 0) is 63.4 Å². The quantitative estimate of drug-likeness (QED) is 0.618. The Labute approximate surface area is 180 Å². The van der Waals surface area contributed by atoms with Crippen LogP contribution in [0.25, 0.3) is 0 Å². The van der Waals surface area contributed by atoms with Gasteiger partial charge in [-0.1, -0.05) is 12.1 Å². The van der Waals surface area contributed by atoms with Crippen molar-refractivity contribution in [3.8, 4) is 5.75 Å². The standard InChI is InChI=1S/C23H36N4O3/c1-20-7-4-8-21(17-20)30-16-5-9-24-22(28)18-25-10-6-11-26(15-14-25)19-23(29)27-12-2-3-13-27/h4,7-8,17H,2-3,5-6,9-16,18-19H2,1H3,(H,24,28). The molecular weight excluding hydrogens is 380 g/mol. The fourth-order valence-electron chi connectivity index (χ4n) is 4.05. The molecule has 1 aromatic carbocycles. The van der Waals surface area contributed by atoms with Gasteiger partial charge in [0.15, 0.2) is 0 Å². The Morgan fingerprint density at radius 2 is 1.70 bits per heavy atom. The first-order valence-electron chi connectivity index (χ1n) is 11.3. The van der Waals surface area contributed by atoms with Gasteiger partial charge in [0.25, 0.3) is 0 Å². The third-order valence-electron chi connectivity index (χ3n) is 5.77. The van der Waals surface area contributed by atoms with Gasteiger partial charge in [0, 0.05) is 32.7 Å². The number of nitrogens with zero attached hydrogens (tertiary/aromatic N) is 3. The molecule has 0 aliphatic carbocycles. The molecule has 0 spiro atoms. The molecule has 0 radical (unpaired) electrons. The zero-order chi connectivity index (χ0) is 21.2. The lowest BCUT2D eigenvalue weighted by molar-refractivity contribution is -0.131. The Morgan fingerprint density at radius 3 is 2.43 bits per heavy atom. The summed E-state index contributed by atoms with van der Waals surface area (Å²) in [6, 6.07) is 7.99. The predicted octanol–water partition coefficient (Wildman–Crippen LogP) is 1.51. The van der Waals surface area contributed by atoms with Crippen LogP contribution >= 0.6 is 0 Å². The maximum Gasteiger partial charge on any atom is 0.236 e. The van der Waals surface area contributed by atoms with E-state index >= 15 is 0 Å². The Bertz CT molecular complexity index is 691. The maximum absolute atomic E-state index is 12.4. The van der Waals surface area contributed by atoms with Crippen LogP contribution in [0.1, 0.15) is 31.2 Å². The Balaban J connectivity index is 1.27. The number of nitrogens with one attached hydrogen (secondary N) is 1. The second kappa shape index (κ2) is 11.9. The molecule has 1 aromatic rings. The molecule has 0 unspecified atom stereocenters. The molecule has 7 heteroatoms. The normalized spacial score (nSPS) is 18.2. The highest BCUT2D eigenvalue weighted by molar-refractivity contribution is 5.78. The lowest BCUT2D eigenvalue weighted by Gasteiger charge is -2.23. The molecule has 2 fully saturated rings. The number of amides is 2. The summed E-state index contributed by atoms with van der Waals surface area (Å²) in [5.41, 5.74) is 1.18. The zero-order valence-electron chi connectivity index (χ0n) is 18.3. The van der Waals surface area contributed by atoms with Crippen molar-refractivity contribution in [2.75, 3.05) is 65.5 Å². The van der Waals surface area contributed by atoms with Crippen LogP contribution in [0.15, 0.2) is 24.3 Å². The largest absolute Gasteiger partial charge is 0.494 e. The maximum atomic E-state index is 12.4. The van der Waals surface area contributed by atoms with Crippen LogP contribution in [0.5, 0.6) is 5.75 Å². The average molecular weight is 417 g/mol. The molecule has 30 heavy (non-hydrogen) atoms. The number of hydrogen-bond donors (Lipinski definition) is 1. The van der Waals surface area contributed by atoms with Crippen LogP contribution in [-0.4, -0.2) is 92.0 Å². The van der Waals surface area contributed by atoms with Crippen molar-refractivity contribution in [2.24, 2.45) is 0 Å². The number of benzene rings is 1. The molecule has 7 nitrogen and oxygen atoms in total. The molecule has 0 aromatic heterocycles. The molecule has 0 atom stereocenters. The number of ether oxygens (including phenoxy) is 1. The van der Waals surface area contributed by atoms with E-state index in [1.165, 1.54) is 5.56 Å². The second-order valence-corrected chi connectivity index (χ2v) is 8.36. The number of rotatable bonds is 9. The van der Waals surface area contributed by atoms with E-state index < -0.39 is 0 Å². The summed E-state index contributed by atoms with van der Waals surface area (Å²) in [5, 5.41) is 2.99. The summed E-state index contributed by atoms with van der Waals surface area (Å²) in [4.78, 5) is 31.0. The third kappa shape index (κ3) is 7.61. The smallest absolute Gasteiger partial charge is 0.236 e. The monoisotopic (exact) mass is 416 g/mol. The number of carbonyl (C=O) groups excluding carboxylic acids is 2. The highest BCUT2D eigenvalue weighted by Crippen LogP contribution is 2.12. The van der Waals surface area contributed by atoms with Gasteiger partial charge in [0.05, 0.1) is 19.7 Å². The van der Waals surface area contributed by atoms with E-state index in [2.05, 4.69) is 15.1 Å². The average Bonchev–Trinajstić information content (AvgIpc) is 3.18. The van der Waals surface area contributed by atoms with Gasteiger partial charge in [0.1, 0.15) is 5.75 Å². The van der Waals surface area contributed by atoms with Crippen LogP contribution in [0.3, 0.4) is 0 Å². The van der Waals surface area contributed by atoms with Crippen molar-refractivity contribution in [1.29, 1.82) is 0 Å². The van der Waals surface area contributed by atoms with E-state index in [1.54, 1.807) is 0 Å². The van der Waals surface area contributed by atoms with Crippen LogP contribution in [-0.2, 0) is 9.59 Å². The molecule has 0 bridgehead atoms. The topological polar surface area (TPSA) is 65.1 Å². The van der Waals surface area contributed by atoms with E-state index in [0.717, 1.165) is 70.7 Å². The van der Waals surface area contributed by atoms with E-state index in [0.29, 0.717) is 26.2 Å². The highest BCUT2D eigenvalue weighted by Gasteiger charge is 2.22. The second-order valence-electron chi connectivity index (χ2n) is 8.36. The SMILES string of the molecule is Cc1cccc(OCCCNC(=O)CN2CCCN(CC(=O)N3CCCC3)CC2)c1.